The third kappa shape index (κ3) is 8.35. The predicted molar refractivity (Wildman–Crippen MR) is 94.3 cm³/mol. The van der Waals surface area contributed by atoms with Gasteiger partial charge in [-0.1, -0.05) is 38.5 Å². The lowest BCUT2D eigenvalue weighted by atomic mass is 9.85. The van der Waals surface area contributed by atoms with Crippen molar-refractivity contribution in [2.75, 3.05) is 46.6 Å². The van der Waals surface area contributed by atoms with Crippen LogP contribution in [0, 0.1) is 6.92 Å². The SMILES string of the molecule is COCCC[NH2+]CCOCCOc1ccc(C)cc1C(C)(C)C. The zero-order valence-corrected chi connectivity index (χ0v) is 15.5. The van der Waals surface area contributed by atoms with E-state index in [9.17, 15) is 0 Å². The van der Waals surface area contributed by atoms with Gasteiger partial charge < -0.3 is 19.5 Å². The molecule has 1 aromatic rings. The Hall–Kier alpha value is -1.10. The van der Waals surface area contributed by atoms with Crippen molar-refractivity contribution in [3.05, 3.63) is 29.3 Å². The first-order valence-electron chi connectivity index (χ1n) is 8.57. The molecule has 1 aromatic carbocycles. The first-order chi connectivity index (χ1) is 10.9. The molecule has 2 N–H and O–H groups in total. The minimum absolute atomic E-state index is 0.0827. The van der Waals surface area contributed by atoms with Crippen LogP contribution in [0.2, 0.25) is 0 Å². The normalized spacial score (nSPS) is 11.7. The van der Waals surface area contributed by atoms with Crippen LogP contribution in [0.25, 0.3) is 0 Å². The van der Waals surface area contributed by atoms with Gasteiger partial charge >= 0.3 is 0 Å². The van der Waals surface area contributed by atoms with E-state index < -0.39 is 0 Å². The summed E-state index contributed by atoms with van der Waals surface area (Å²) in [5, 5.41) is 2.26. The van der Waals surface area contributed by atoms with E-state index in [1.165, 1.54) is 11.1 Å². The minimum atomic E-state index is 0.0827. The number of ether oxygens (including phenoxy) is 3. The van der Waals surface area contributed by atoms with E-state index in [2.05, 4.69) is 51.2 Å². The molecule has 0 radical (unpaired) electrons. The Morgan fingerprint density at radius 3 is 2.48 bits per heavy atom. The highest BCUT2D eigenvalue weighted by atomic mass is 16.5. The highest BCUT2D eigenvalue weighted by Gasteiger charge is 2.19. The molecule has 0 atom stereocenters. The van der Waals surface area contributed by atoms with E-state index in [0.717, 1.165) is 38.5 Å². The number of hydrogen-bond donors (Lipinski definition) is 1. The predicted octanol–water partition coefficient (Wildman–Crippen LogP) is 2.29. The molecule has 0 fully saturated rings. The van der Waals surface area contributed by atoms with Gasteiger partial charge in [0.2, 0.25) is 0 Å². The molecule has 0 amide bonds. The average Bonchev–Trinajstić information content (AvgIpc) is 2.49. The van der Waals surface area contributed by atoms with Crippen molar-refractivity contribution in [3.63, 3.8) is 0 Å². The van der Waals surface area contributed by atoms with Gasteiger partial charge in [0.1, 0.15) is 12.4 Å². The molecule has 4 heteroatoms. The molecule has 0 saturated heterocycles. The van der Waals surface area contributed by atoms with Crippen LogP contribution in [-0.2, 0) is 14.9 Å². The van der Waals surface area contributed by atoms with Gasteiger partial charge in [0.15, 0.2) is 0 Å². The third-order valence-corrected chi connectivity index (χ3v) is 3.65. The van der Waals surface area contributed by atoms with Gasteiger partial charge in [0.25, 0.3) is 0 Å². The van der Waals surface area contributed by atoms with Crippen molar-refractivity contribution >= 4 is 0 Å². The van der Waals surface area contributed by atoms with E-state index >= 15 is 0 Å². The number of aryl methyl sites for hydroxylation is 1. The molecule has 0 aliphatic carbocycles. The van der Waals surface area contributed by atoms with E-state index in [-0.39, 0.29) is 5.41 Å². The van der Waals surface area contributed by atoms with Crippen LogP contribution >= 0.6 is 0 Å². The molecular formula is C19H34NO3+. The molecule has 23 heavy (non-hydrogen) atoms. The molecule has 0 spiro atoms. The van der Waals surface area contributed by atoms with Gasteiger partial charge in [0, 0.05) is 13.5 Å². The molecule has 0 aliphatic heterocycles. The van der Waals surface area contributed by atoms with Crippen molar-refractivity contribution in [3.8, 4) is 5.75 Å². The van der Waals surface area contributed by atoms with Crippen molar-refractivity contribution in [1.82, 2.24) is 0 Å². The maximum absolute atomic E-state index is 5.93. The monoisotopic (exact) mass is 324 g/mol. The molecule has 0 aromatic heterocycles. The maximum Gasteiger partial charge on any atom is 0.123 e. The molecule has 1 rings (SSSR count). The van der Waals surface area contributed by atoms with E-state index in [1.807, 2.05) is 0 Å². The van der Waals surface area contributed by atoms with Crippen molar-refractivity contribution in [2.24, 2.45) is 0 Å². The number of nitrogens with two attached hydrogens (primary N) is 1. The van der Waals surface area contributed by atoms with Gasteiger partial charge in [0.05, 0.1) is 32.9 Å². The van der Waals surface area contributed by atoms with E-state index in [4.69, 9.17) is 14.2 Å². The summed E-state index contributed by atoms with van der Waals surface area (Å²) in [5.41, 5.74) is 2.60. The highest BCUT2D eigenvalue weighted by Crippen LogP contribution is 2.32. The van der Waals surface area contributed by atoms with Crippen LogP contribution < -0.4 is 10.1 Å². The largest absolute Gasteiger partial charge is 0.491 e. The lowest BCUT2D eigenvalue weighted by molar-refractivity contribution is -0.656. The first-order valence-corrected chi connectivity index (χ1v) is 8.57. The molecule has 0 saturated carbocycles. The summed E-state index contributed by atoms with van der Waals surface area (Å²) < 4.78 is 16.6. The van der Waals surface area contributed by atoms with Gasteiger partial charge in [-0.3, -0.25) is 0 Å². The van der Waals surface area contributed by atoms with Crippen molar-refractivity contribution in [1.29, 1.82) is 0 Å². The van der Waals surface area contributed by atoms with Crippen molar-refractivity contribution < 1.29 is 19.5 Å². The average molecular weight is 324 g/mol. The fourth-order valence-electron chi connectivity index (χ4n) is 2.35. The highest BCUT2D eigenvalue weighted by molar-refractivity contribution is 5.41. The number of rotatable bonds is 11. The maximum atomic E-state index is 5.93. The number of quaternary nitrogens is 1. The Morgan fingerprint density at radius 2 is 1.78 bits per heavy atom. The fraction of sp³-hybridized carbons (Fsp3) is 0.684. The summed E-state index contributed by atoms with van der Waals surface area (Å²) in [4.78, 5) is 0. The molecule has 0 heterocycles. The third-order valence-electron chi connectivity index (χ3n) is 3.65. The summed E-state index contributed by atoms with van der Waals surface area (Å²) in [6, 6.07) is 6.38. The van der Waals surface area contributed by atoms with Crippen LogP contribution in [-0.4, -0.2) is 46.6 Å². The Bertz CT molecular complexity index is 441. The quantitative estimate of drug-likeness (QED) is 0.635. The zero-order chi connectivity index (χ0) is 17.1. The second kappa shape index (κ2) is 10.6. The zero-order valence-electron chi connectivity index (χ0n) is 15.5. The molecule has 0 aliphatic rings. The lowest BCUT2D eigenvalue weighted by Gasteiger charge is -2.23. The second-order valence-electron chi connectivity index (χ2n) is 6.92. The summed E-state index contributed by atoms with van der Waals surface area (Å²) in [6.07, 6.45) is 1.09. The minimum Gasteiger partial charge on any atom is -0.491 e. The molecule has 132 valence electrons. The Balaban J connectivity index is 2.21. The summed E-state index contributed by atoms with van der Waals surface area (Å²) in [5.74, 6) is 0.970. The number of benzene rings is 1. The molecule has 0 bridgehead atoms. The van der Waals surface area contributed by atoms with Crippen LogP contribution in [0.1, 0.15) is 38.3 Å². The fourth-order valence-corrected chi connectivity index (χ4v) is 2.35. The molecular weight excluding hydrogens is 290 g/mol. The summed E-state index contributed by atoms with van der Waals surface area (Å²) in [7, 11) is 1.74. The van der Waals surface area contributed by atoms with Crippen molar-refractivity contribution in [2.45, 2.75) is 39.5 Å². The Labute approximate surface area is 141 Å². The number of methoxy groups -OCH3 is 1. The van der Waals surface area contributed by atoms with E-state index in [0.29, 0.717) is 13.2 Å². The van der Waals surface area contributed by atoms with Crippen LogP contribution in [0.5, 0.6) is 5.75 Å². The first kappa shape index (κ1) is 19.9. The topological polar surface area (TPSA) is 44.3 Å². The van der Waals surface area contributed by atoms with Crippen LogP contribution in [0.3, 0.4) is 0 Å². The van der Waals surface area contributed by atoms with Crippen LogP contribution in [0.4, 0.5) is 0 Å². The molecule has 4 nitrogen and oxygen atoms in total. The second-order valence-corrected chi connectivity index (χ2v) is 6.92. The standard InChI is InChI=1S/C19H33NO3/c1-16-7-8-18(17(15-16)19(2,3)4)23-14-13-22-12-10-20-9-6-11-21-5/h7-8,15,20H,6,9-14H2,1-5H3/p+1. The lowest BCUT2D eigenvalue weighted by Crippen LogP contribution is -2.85. The van der Waals surface area contributed by atoms with Crippen LogP contribution in [0.15, 0.2) is 18.2 Å². The van der Waals surface area contributed by atoms with Gasteiger partial charge in [-0.2, -0.15) is 0 Å². The van der Waals surface area contributed by atoms with Gasteiger partial charge in [-0.05, 0) is 24.0 Å². The summed E-state index contributed by atoms with van der Waals surface area (Å²) in [6.45, 7) is 13.6. The van der Waals surface area contributed by atoms with E-state index in [1.54, 1.807) is 7.11 Å². The van der Waals surface area contributed by atoms with Gasteiger partial charge in [-0.25, -0.2) is 0 Å². The Morgan fingerprint density at radius 1 is 1.00 bits per heavy atom. The number of hydrogen-bond acceptors (Lipinski definition) is 3. The van der Waals surface area contributed by atoms with Gasteiger partial charge in [-0.15, -0.1) is 0 Å². The Kier molecular flexibility index (Phi) is 9.22. The smallest absolute Gasteiger partial charge is 0.123 e. The molecule has 0 unspecified atom stereocenters. The summed E-state index contributed by atoms with van der Waals surface area (Å²) >= 11 is 0.